The number of rotatable bonds is 3. The van der Waals surface area contributed by atoms with Crippen molar-refractivity contribution in [1.82, 2.24) is 14.8 Å². The number of nitrogens with zero attached hydrogens (tertiary/aromatic N) is 3. The molecule has 25 heavy (non-hydrogen) atoms. The number of likely N-dealkylation sites (tertiary alicyclic amines) is 1. The molecule has 0 N–H and O–H groups in total. The second-order valence-electron chi connectivity index (χ2n) is 7.71. The molecular formula is C20H29N3O2. The van der Waals surface area contributed by atoms with Gasteiger partial charge in [0.15, 0.2) is 0 Å². The van der Waals surface area contributed by atoms with E-state index in [2.05, 4.69) is 26.9 Å². The van der Waals surface area contributed by atoms with Gasteiger partial charge in [0.25, 0.3) is 0 Å². The molecule has 3 aliphatic rings. The third-order valence-corrected chi connectivity index (χ3v) is 6.10. The molecule has 1 aliphatic carbocycles. The summed E-state index contributed by atoms with van der Waals surface area (Å²) >= 11 is 0. The van der Waals surface area contributed by atoms with Crippen LogP contribution in [0.4, 0.5) is 0 Å². The van der Waals surface area contributed by atoms with Crippen molar-refractivity contribution in [2.24, 2.45) is 5.92 Å². The van der Waals surface area contributed by atoms with E-state index < -0.39 is 0 Å². The predicted molar refractivity (Wildman–Crippen MR) is 95.9 cm³/mol. The Labute approximate surface area is 150 Å². The van der Waals surface area contributed by atoms with Gasteiger partial charge >= 0.3 is 0 Å². The molecule has 1 amide bonds. The number of aromatic nitrogens is 1. The number of ether oxygens (including phenoxy) is 1. The topological polar surface area (TPSA) is 45.7 Å². The normalized spacial score (nSPS) is 28.6. The van der Waals surface area contributed by atoms with Gasteiger partial charge in [-0.1, -0.05) is 19.3 Å². The first-order valence-electron chi connectivity index (χ1n) is 9.84. The Morgan fingerprint density at radius 1 is 1.12 bits per heavy atom. The number of fused-ring (bicyclic) bond motifs is 1. The molecule has 2 saturated heterocycles. The number of hydrogen-bond acceptors (Lipinski definition) is 4. The molecule has 0 unspecified atom stereocenters. The second-order valence-corrected chi connectivity index (χ2v) is 7.71. The summed E-state index contributed by atoms with van der Waals surface area (Å²) in [6.45, 7) is 4.33. The fourth-order valence-corrected chi connectivity index (χ4v) is 4.67. The van der Waals surface area contributed by atoms with Crippen LogP contribution in [-0.4, -0.2) is 59.1 Å². The number of hydrogen-bond donors (Lipinski definition) is 0. The van der Waals surface area contributed by atoms with Crippen LogP contribution in [0.25, 0.3) is 0 Å². The first-order chi connectivity index (χ1) is 12.3. The van der Waals surface area contributed by atoms with Crippen molar-refractivity contribution in [2.45, 2.75) is 57.2 Å². The van der Waals surface area contributed by atoms with E-state index in [1.54, 1.807) is 0 Å². The Hall–Kier alpha value is -1.46. The molecule has 1 saturated carbocycles. The quantitative estimate of drug-likeness (QED) is 0.846. The minimum absolute atomic E-state index is 0.267. The Morgan fingerprint density at radius 3 is 2.72 bits per heavy atom. The van der Waals surface area contributed by atoms with Crippen molar-refractivity contribution in [3.63, 3.8) is 0 Å². The van der Waals surface area contributed by atoms with Crippen molar-refractivity contribution in [1.29, 1.82) is 0 Å². The zero-order chi connectivity index (χ0) is 17.1. The van der Waals surface area contributed by atoms with E-state index in [1.807, 2.05) is 12.4 Å². The Bertz CT molecular complexity index is 574. The number of piperidine rings is 1. The van der Waals surface area contributed by atoms with Crippen molar-refractivity contribution in [2.75, 3.05) is 26.2 Å². The molecule has 1 aromatic heterocycles. The van der Waals surface area contributed by atoms with Crippen LogP contribution in [0.5, 0.6) is 0 Å². The SMILES string of the molecule is O=C(C1CCCCC1)N1CC[C@H]2OCCN(Cc3ccncc3)[C@@H]2C1. The lowest BCUT2D eigenvalue weighted by atomic mass is 9.87. The van der Waals surface area contributed by atoms with E-state index in [0.717, 1.165) is 52.0 Å². The summed E-state index contributed by atoms with van der Waals surface area (Å²) in [7, 11) is 0. The number of amides is 1. The summed E-state index contributed by atoms with van der Waals surface area (Å²) in [6, 6.07) is 4.49. The van der Waals surface area contributed by atoms with Crippen LogP contribution >= 0.6 is 0 Å². The molecule has 2 atom stereocenters. The zero-order valence-corrected chi connectivity index (χ0v) is 15.0. The molecule has 136 valence electrons. The fraction of sp³-hybridized carbons (Fsp3) is 0.700. The number of carbonyl (C=O) groups excluding carboxylic acids is 1. The summed E-state index contributed by atoms with van der Waals surface area (Å²) in [5.74, 6) is 0.663. The second kappa shape index (κ2) is 7.83. The standard InChI is InChI=1S/C20H29N3O2/c24-20(17-4-2-1-3-5-17)23-11-8-19-18(15-23)22(12-13-25-19)14-16-6-9-21-10-7-16/h6-7,9-10,17-19H,1-5,8,11-15H2/t18-,19-/m1/s1. The van der Waals surface area contributed by atoms with Crippen LogP contribution in [-0.2, 0) is 16.1 Å². The largest absolute Gasteiger partial charge is 0.375 e. The van der Waals surface area contributed by atoms with E-state index in [0.29, 0.717) is 11.9 Å². The Morgan fingerprint density at radius 2 is 1.92 bits per heavy atom. The molecule has 3 fully saturated rings. The summed E-state index contributed by atoms with van der Waals surface area (Å²) in [6.07, 6.45) is 10.8. The highest BCUT2D eigenvalue weighted by Crippen LogP contribution is 2.29. The van der Waals surface area contributed by atoms with Gasteiger partial charge in [0.05, 0.1) is 18.8 Å². The summed E-state index contributed by atoms with van der Waals surface area (Å²) in [5.41, 5.74) is 1.28. The van der Waals surface area contributed by atoms with E-state index in [9.17, 15) is 4.79 Å². The molecule has 4 rings (SSSR count). The monoisotopic (exact) mass is 343 g/mol. The molecule has 0 radical (unpaired) electrons. The maximum Gasteiger partial charge on any atom is 0.225 e. The van der Waals surface area contributed by atoms with Gasteiger partial charge in [-0.15, -0.1) is 0 Å². The van der Waals surface area contributed by atoms with Crippen LogP contribution in [0, 0.1) is 5.92 Å². The molecule has 5 heteroatoms. The van der Waals surface area contributed by atoms with Gasteiger partial charge in [-0.25, -0.2) is 0 Å². The maximum absolute atomic E-state index is 13.0. The van der Waals surface area contributed by atoms with Crippen LogP contribution in [0.15, 0.2) is 24.5 Å². The highest BCUT2D eigenvalue weighted by Gasteiger charge is 2.39. The third-order valence-electron chi connectivity index (χ3n) is 6.10. The van der Waals surface area contributed by atoms with Gasteiger partial charge < -0.3 is 9.64 Å². The molecule has 1 aromatic rings. The molecular weight excluding hydrogens is 314 g/mol. The minimum atomic E-state index is 0.267. The number of pyridine rings is 1. The van der Waals surface area contributed by atoms with Gasteiger partial charge in [-0.2, -0.15) is 0 Å². The van der Waals surface area contributed by atoms with Crippen LogP contribution in [0.2, 0.25) is 0 Å². The highest BCUT2D eigenvalue weighted by atomic mass is 16.5. The molecule has 5 nitrogen and oxygen atoms in total. The molecule has 0 spiro atoms. The lowest BCUT2D eigenvalue weighted by Crippen LogP contribution is -2.61. The van der Waals surface area contributed by atoms with Crippen LogP contribution in [0.1, 0.15) is 44.1 Å². The van der Waals surface area contributed by atoms with E-state index in [1.165, 1.54) is 24.8 Å². The van der Waals surface area contributed by atoms with Crippen LogP contribution < -0.4 is 0 Å². The lowest BCUT2D eigenvalue weighted by molar-refractivity contribution is -0.148. The molecule has 3 heterocycles. The van der Waals surface area contributed by atoms with E-state index in [-0.39, 0.29) is 12.0 Å². The predicted octanol–water partition coefficient (Wildman–Crippen LogP) is 2.46. The smallest absolute Gasteiger partial charge is 0.225 e. The molecule has 0 bridgehead atoms. The lowest BCUT2D eigenvalue weighted by Gasteiger charge is -2.47. The van der Waals surface area contributed by atoms with E-state index >= 15 is 0 Å². The summed E-state index contributed by atoms with van der Waals surface area (Å²) < 4.78 is 6.03. The Balaban J connectivity index is 1.42. The molecule has 2 aliphatic heterocycles. The first-order valence-corrected chi connectivity index (χ1v) is 9.84. The van der Waals surface area contributed by atoms with Gasteiger partial charge in [0.2, 0.25) is 5.91 Å². The minimum Gasteiger partial charge on any atom is -0.375 e. The summed E-state index contributed by atoms with van der Waals surface area (Å²) in [5, 5.41) is 0. The Kier molecular flexibility index (Phi) is 5.32. The van der Waals surface area contributed by atoms with Gasteiger partial charge in [0.1, 0.15) is 0 Å². The first kappa shape index (κ1) is 17.0. The van der Waals surface area contributed by atoms with Crippen molar-refractivity contribution in [3.05, 3.63) is 30.1 Å². The van der Waals surface area contributed by atoms with Gasteiger partial charge in [-0.3, -0.25) is 14.7 Å². The van der Waals surface area contributed by atoms with Crippen molar-refractivity contribution < 1.29 is 9.53 Å². The van der Waals surface area contributed by atoms with Crippen molar-refractivity contribution >= 4 is 5.91 Å². The fourth-order valence-electron chi connectivity index (χ4n) is 4.67. The number of morpholine rings is 1. The van der Waals surface area contributed by atoms with Gasteiger partial charge in [-0.05, 0) is 37.0 Å². The van der Waals surface area contributed by atoms with Crippen molar-refractivity contribution in [3.8, 4) is 0 Å². The highest BCUT2D eigenvalue weighted by molar-refractivity contribution is 5.79. The number of carbonyl (C=O) groups is 1. The van der Waals surface area contributed by atoms with E-state index in [4.69, 9.17) is 4.74 Å². The average molecular weight is 343 g/mol. The third kappa shape index (κ3) is 3.87. The maximum atomic E-state index is 13.0. The summed E-state index contributed by atoms with van der Waals surface area (Å²) in [4.78, 5) is 21.7. The average Bonchev–Trinajstić information content (AvgIpc) is 2.69. The van der Waals surface area contributed by atoms with Gasteiger partial charge in [0, 0.05) is 44.5 Å². The molecule has 0 aromatic carbocycles. The zero-order valence-electron chi connectivity index (χ0n) is 15.0. The van der Waals surface area contributed by atoms with Crippen LogP contribution in [0.3, 0.4) is 0 Å².